The highest BCUT2D eigenvalue weighted by Crippen LogP contribution is 2.46. The molecule has 1 aliphatic rings. The Bertz CT molecular complexity index is 1060. The summed E-state index contributed by atoms with van der Waals surface area (Å²) in [6.07, 6.45) is 0.650. The van der Waals surface area contributed by atoms with Crippen molar-refractivity contribution >= 4 is 17.4 Å². The summed E-state index contributed by atoms with van der Waals surface area (Å²) >= 11 is 0. The van der Waals surface area contributed by atoms with E-state index in [9.17, 15) is 14.7 Å². The van der Waals surface area contributed by atoms with Crippen molar-refractivity contribution in [2.24, 2.45) is 0 Å². The van der Waals surface area contributed by atoms with Gasteiger partial charge in [-0.1, -0.05) is 24.3 Å². The number of benzene rings is 2. The lowest BCUT2D eigenvalue weighted by Crippen LogP contribution is -2.32. The molecule has 8 nitrogen and oxygen atoms in total. The van der Waals surface area contributed by atoms with E-state index in [0.717, 1.165) is 6.54 Å². The molecule has 0 spiro atoms. The van der Waals surface area contributed by atoms with Gasteiger partial charge in [0.25, 0.3) is 11.7 Å². The van der Waals surface area contributed by atoms with E-state index in [-0.39, 0.29) is 11.3 Å². The molecule has 2 aromatic carbocycles. The van der Waals surface area contributed by atoms with Gasteiger partial charge in [0, 0.05) is 12.1 Å². The molecular weight excluding hydrogens is 424 g/mol. The first-order valence-corrected chi connectivity index (χ1v) is 10.6. The maximum atomic E-state index is 13.2. The second kappa shape index (κ2) is 10.4. The first-order chi connectivity index (χ1) is 15.8. The van der Waals surface area contributed by atoms with E-state index in [1.54, 1.807) is 42.5 Å². The first-order valence-electron chi connectivity index (χ1n) is 10.6. The van der Waals surface area contributed by atoms with Gasteiger partial charge >= 0.3 is 0 Å². The molecule has 33 heavy (non-hydrogen) atoms. The summed E-state index contributed by atoms with van der Waals surface area (Å²) in [4.78, 5) is 29.9. The van der Waals surface area contributed by atoms with Gasteiger partial charge in [-0.2, -0.15) is 0 Å². The van der Waals surface area contributed by atoms with Crippen molar-refractivity contribution < 1.29 is 28.9 Å². The Balaban J connectivity index is 2.23. The lowest BCUT2D eigenvalue weighted by atomic mass is 9.94. The molecule has 1 saturated heterocycles. The number of carbonyl (C=O) groups excluding carboxylic acids is 2. The van der Waals surface area contributed by atoms with Gasteiger partial charge in [0.05, 0.1) is 38.5 Å². The van der Waals surface area contributed by atoms with Crippen molar-refractivity contribution in [2.75, 3.05) is 48.5 Å². The van der Waals surface area contributed by atoms with Crippen LogP contribution in [0.2, 0.25) is 0 Å². The molecule has 1 atom stereocenters. The van der Waals surface area contributed by atoms with Crippen LogP contribution in [0.5, 0.6) is 17.2 Å². The first kappa shape index (κ1) is 24.1. The number of aliphatic hydroxyl groups excluding tert-OH is 1. The van der Waals surface area contributed by atoms with Crippen LogP contribution in [-0.2, 0) is 9.59 Å². The average molecular weight is 455 g/mol. The predicted octanol–water partition coefficient (Wildman–Crippen LogP) is 3.09. The van der Waals surface area contributed by atoms with Gasteiger partial charge in [0.2, 0.25) is 0 Å². The zero-order valence-electron chi connectivity index (χ0n) is 19.6. The Morgan fingerprint density at radius 3 is 2.27 bits per heavy atom. The topological polar surface area (TPSA) is 88.5 Å². The Hall–Kier alpha value is -3.52. The number of ether oxygens (including phenoxy) is 3. The maximum Gasteiger partial charge on any atom is 0.295 e. The van der Waals surface area contributed by atoms with Crippen LogP contribution in [0.1, 0.15) is 23.6 Å². The van der Waals surface area contributed by atoms with Gasteiger partial charge in [0.1, 0.15) is 11.5 Å². The Kier molecular flexibility index (Phi) is 7.60. The highest BCUT2D eigenvalue weighted by atomic mass is 16.5. The molecule has 3 rings (SSSR count). The van der Waals surface area contributed by atoms with E-state index in [2.05, 4.69) is 0 Å². The lowest BCUT2D eigenvalue weighted by molar-refractivity contribution is -0.140. The van der Waals surface area contributed by atoms with Crippen molar-refractivity contribution in [1.82, 2.24) is 9.80 Å². The van der Waals surface area contributed by atoms with Crippen molar-refractivity contribution in [3.8, 4) is 17.2 Å². The fourth-order valence-electron chi connectivity index (χ4n) is 4.10. The molecule has 0 aromatic heterocycles. The van der Waals surface area contributed by atoms with E-state index in [1.165, 1.54) is 26.2 Å². The van der Waals surface area contributed by atoms with Gasteiger partial charge < -0.3 is 29.1 Å². The monoisotopic (exact) mass is 454 g/mol. The van der Waals surface area contributed by atoms with E-state index in [1.807, 2.05) is 19.0 Å². The Morgan fingerprint density at radius 1 is 0.970 bits per heavy atom. The number of hydrogen-bond donors (Lipinski definition) is 1. The molecule has 0 bridgehead atoms. The Labute approximate surface area is 194 Å². The largest absolute Gasteiger partial charge is 0.507 e. The summed E-state index contributed by atoms with van der Waals surface area (Å²) in [5.41, 5.74) is 0.872. The smallest absolute Gasteiger partial charge is 0.295 e. The standard InChI is InChI=1S/C25H30N2O6/c1-26(2)14-9-15-27-21(17-11-8-13-19(32-4)24(17)33-5)20(23(29)25(27)30)22(28)16-10-6-7-12-18(16)31-3/h6-8,10-13,21,28H,9,14-15H2,1-5H3/b22-20+. The second-order valence-electron chi connectivity index (χ2n) is 7.93. The number of hydrogen-bond acceptors (Lipinski definition) is 7. The van der Waals surface area contributed by atoms with Crippen LogP contribution in [0.4, 0.5) is 0 Å². The zero-order chi connectivity index (χ0) is 24.1. The van der Waals surface area contributed by atoms with Crippen molar-refractivity contribution in [1.29, 1.82) is 0 Å². The van der Waals surface area contributed by atoms with E-state index < -0.39 is 17.7 Å². The number of nitrogens with zero attached hydrogens (tertiary/aromatic N) is 2. The van der Waals surface area contributed by atoms with Crippen LogP contribution in [0.15, 0.2) is 48.0 Å². The molecule has 176 valence electrons. The number of likely N-dealkylation sites (tertiary alicyclic amines) is 1. The van der Waals surface area contributed by atoms with Gasteiger partial charge in [-0.25, -0.2) is 0 Å². The quantitative estimate of drug-likeness (QED) is 0.354. The predicted molar refractivity (Wildman–Crippen MR) is 125 cm³/mol. The lowest BCUT2D eigenvalue weighted by Gasteiger charge is -2.27. The van der Waals surface area contributed by atoms with Gasteiger partial charge in [-0.15, -0.1) is 0 Å². The van der Waals surface area contributed by atoms with Crippen molar-refractivity contribution in [2.45, 2.75) is 12.5 Å². The molecule has 1 aliphatic heterocycles. The number of carbonyl (C=O) groups is 2. The third kappa shape index (κ3) is 4.66. The van der Waals surface area contributed by atoms with Crippen molar-refractivity contribution in [3.05, 3.63) is 59.2 Å². The highest BCUT2D eigenvalue weighted by molar-refractivity contribution is 6.46. The third-order valence-electron chi connectivity index (χ3n) is 5.63. The summed E-state index contributed by atoms with van der Waals surface area (Å²) in [7, 11) is 8.38. The molecule has 1 amide bonds. The summed E-state index contributed by atoms with van der Waals surface area (Å²) < 4.78 is 16.4. The normalized spacial score (nSPS) is 17.5. The number of methoxy groups -OCH3 is 3. The minimum atomic E-state index is -0.845. The summed E-state index contributed by atoms with van der Waals surface area (Å²) in [5.74, 6) is -0.458. The van der Waals surface area contributed by atoms with Gasteiger partial charge in [-0.05, 0) is 45.3 Å². The molecule has 1 heterocycles. The molecule has 0 radical (unpaired) electrons. The zero-order valence-corrected chi connectivity index (χ0v) is 19.6. The van der Waals surface area contributed by atoms with E-state index >= 15 is 0 Å². The number of ketones is 1. The summed E-state index contributed by atoms with van der Waals surface area (Å²) in [6, 6.07) is 11.2. The minimum Gasteiger partial charge on any atom is -0.507 e. The second-order valence-corrected chi connectivity index (χ2v) is 7.93. The van der Waals surface area contributed by atoms with Crippen LogP contribution in [0.3, 0.4) is 0 Å². The van der Waals surface area contributed by atoms with Crippen LogP contribution in [-0.4, -0.2) is 75.1 Å². The number of Topliss-reactive ketones (excluding diaryl/α,β-unsaturated/α-hetero) is 1. The average Bonchev–Trinajstić information content (AvgIpc) is 3.07. The summed E-state index contributed by atoms with van der Waals surface area (Å²) in [6.45, 7) is 1.06. The van der Waals surface area contributed by atoms with Crippen LogP contribution < -0.4 is 14.2 Å². The molecule has 1 fully saturated rings. The molecule has 0 aliphatic carbocycles. The number of aliphatic hydroxyl groups is 1. The molecule has 8 heteroatoms. The minimum absolute atomic E-state index is 0.0130. The fourth-order valence-corrected chi connectivity index (χ4v) is 4.10. The highest BCUT2D eigenvalue weighted by Gasteiger charge is 2.47. The number of para-hydroxylation sites is 2. The molecule has 0 saturated carbocycles. The molecule has 1 unspecified atom stereocenters. The number of amides is 1. The van der Waals surface area contributed by atoms with Crippen LogP contribution >= 0.6 is 0 Å². The van der Waals surface area contributed by atoms with Gasteiger partial charge in [0.15, 0.2) is 11.5 Å². The van der Waals surface area contributed by atoms with Crippen LogP contribution in [0.25, 0.3) is 5.76 Å². The molecule has 2 aromatic rings. The Morgan fingerprint density at radius 2 is 1.64 bits per heavy atom. The van der Waals surface area contributed by atoms with E-state index in [4.69, 9.17) is 14.2 Å². The molecule has 1 N–H and O–H groups in total. The SMILES string of the molecule is COc1ccccc1/C(O)=C1\C(=O)C(=O)N(CCCN(C)C)C1c1cccc(OC)c1OC. The maximum absolute atomic E-state index is 13.2. The molecular formula is C25H30N2O6. The fraction of sp³-hybridized carbons (Fsp3) is 0.360. The van der Waals surface area contributed by atoms with Crippen molar-refractivity contribution in [3.63, 3.8) is 0 Å². The van der Waals surface area contributed by atoms with Crippen LogP contribution in [0, 0.1) is 0 Å². The number of rotatable bonds is 9. The summed E-state index contributed by atoms with van der Waals surface area (Å²) in [5, 5.41) is 11.3. The van der Waals surface area contributed by atoms with Gasteiger partial charge in [-0.3, -0.25) is 9.59 Å². The third-order valence-corrected chi connectivity index (χ3v) is 5.63. The van der Waals surface area contributed by atoms with E-state index in [0.29, 0.717) is 41.3 Å².